The van der Waals surface area contributed by atoms with Gasteiger partial charge in [0.25, 0.3) is 0 Å². The topological polar surface area (TPSA) is 107 Å². The fraction of sp³-hybridized carbons (Fsp3) is 0.621. The van der Waals surface area contributed by atoms with E-state index in [0.29, 0.717) is 40.9 Å². The molecule has 8 nitrogen and oxygen atoms in total. The summed E-state index contributed by atoms with van der Waals surface area (Å²) in [7, 11) is 0. The highest BCUT2D eigenvalue weighted by Gasteiger charge is 2.55. The smallest absolute Gasteiger partial charge is 0.405 e. The molecule has 4 bridgehead atoms. The molecule has 1 aliphatic heterocycles. The molecule has 40 heavy (non-hydrogen) atoms. The fourth-order valence-electron chi connectivity index (χ4n) is 7.95. The van der Waals surface area contributed by atoms with E-state index in [1.807, 2.05) is 0 Å². The van der Waals surface area contributed by atoms with Crippen molar-refractivity contribution in [1.29, 1.82) is 5.26 Å². The molecule has 0 radical (unpaired) electrons. The van der Waals surface area contributed by atoms with E-state index in [9.17, 15) is 18.4 Å². The molecule has 5 aliphatic rings. The zero-order valence-electron chi connectivity index (χ0n) is 22.4. The number of anilines is 2. The molecule has 5 atom stereocenters. The van der Waals surface area contributed by atoms with Crippen molar-refractivity contribution in [3.63, 3.8) is 0 Å². The van der Waals surface area contributed by atoms with Gasteiger partial charge in [0.05, 0.1) is 6.20 Å². The van der Waals surface area contributed by atoms with E-state index < -0.39 is 6.36 Å². The molecule has 4 saturated carbocycles. The van der Waals surface area contributed by atoms with Crippen molar-refractivity contribution >= 4 is 11.8 Å². The van der Waals surface area contributed by atoms with Gasteiger partial charge in [0, 0.05) is 30.7 Å². The number of nitrogens with one attached hydrogen (secondary N) is 4. The van der Waals surface area contributed by atoms with Crippen molar-refractivity contribution in [1.82, 2.24) is 20.6 Å². The Morgan fingerprint density at radius 1 is 1.07 bits per heavy atom. The van der Waals surface area contributed by atoms with E-state index >= 15 is 0 Å². The molecule has 4 N–H and O–H groups in total. The van der Waals surface area contributed by atoms with Gasteiger partial charge in [-0.3, -0.25) is 0 Å². The van der Waals surface area contributed by atoms with Crippen molar-refractivity contribution in [2.75, 3.05) is 30.3 Å². The summed E-state index contributed by atoms with van der Waals surface area (Å²) in [6, 6.07) is 9.36. The average Bonchev–Trinajstić information content (AvgIpc) is 2.93. The molecule has 3 unspecified atom stereocenters. The van der Waals surface area contributed by atoms with E-state index in [1.165, 1.54) is 63.3 Å². The first-order chi connectivity index (χ1) is 19.3. The molecular formula is C29H36F3N7O. The first kappa shape index (κ1) is 27.1. The maximum absolute atomic E-state index is 12.8. The van der Waals surface area contributed by atoms with Crippen LogP contribution in [0.4, 0.5) is 24.9 Å². The van der Waals surface area contributed by atoms with Crippen molar-refractivity contribution < 1.29 is 17.9 Å². The predicted octanol–water partition coefficient (Wildman–Crippen LogP) is 4.81. The SMILES string of the molecule is N#Cc1cnc(NCc2ccccc2OC(F)(F)F)nc1NCC12CC3C[C@H](C1)C(NC1CCNCC1)[C@@H](C3)C2. The summed E-state index contributed by atoms with van der Waals surface area (Å²) < 4.78 is 42.5. The Kier molecular flexibility index (Phi) is 7.48. The zero-order valence-corrected chi connectivity index (χ0v) is 22.4. The molecule has 5 fully saturated rings. The third kappa shape index (κ3) is 5.98. The van der Waals surface area contributed by atoms with Crippen LogP contribution in [0.15, 0.2) is 30.5 Å². The molecule has 2 heterocycles. The lowest BCUT2D eigenvalue weighted by atomic mass is 9.48. The summed E-state index contributed by atoms with van der Waals surface area (Å²) in [5.41, 5.74) is 0.868. The summed E-state index contributed by atoms with van der Waals surface area (Å²) >= 11 is 0. The van der Waals surface area contributed by atoms with Crippen LogP contribution >= 0.6 is 0 Å². The quantitative estimate of drug-likeness (QED) is 0.350. The van der Waals surface area contributed by atoms with Gasteiger partial charge in [0.1, 0.15) is 23.2 Å². The molecule has 214 valence electrons. The Labute approximate surface area is 232 Å². The van der Waals surface area contributed by atoms with Gasteiger partial charge in [-0.1, -0.05) is 18.2 Å². The molecular weight excluding hydrogens is 519 g/mol. The average molecular weight is 556 g/mol. The van der Waals surface area contributed by atoms with Crippen LogP contribution in [0.1, 0.15) is 56.1 Å². The second-order valence-electron chi connectivity index (χ2n) is 12.1. The largest absolute Gasteiger partial charge is 0.573 e. The molecule has 7 rings (SSSR count). The van der Waals surface area contributed by atoms with Gasteiger partial charge in [-0.2, -0.15) is 10.2 Å². The number of nitriles is 1. The van der Waals surface area contributed by atoms with Gasteiger partial charge >= 0.3 is 6.36 Å². The summed E-state index contributed by atoms with van der Waals surface area (Å²) in [4.78, 5) is 8.74. The highest BCUT2D eigenvalue weighted by atomic mass is 19.4. The van der Waals surface area contributed by atoms with Crippen LogP contribution in [0.5, 0.6) is 5.75 Å². The third-order valence-corrected chi connectivity index (χ3v) is 9.34. The van der Waals surface area contributed by atoms with Crippen molar-refractivity contribution in [3.05, 3.63) is 41.6 Å². The zero-order chi connectivity index (χ0) is 27.7. The molecule has 1 aromatic heterocycles. The van der Waals surface area contributed by atoms with E-state index in [0.717, 1.165) is 25.6 Å². The van der Waals surface area contributed by atoms with E-state index in [4.69, 9.17) is 0 Å². The molecule has 0 amide bonds. The van der Waals surface area contributed by atoms with Crippen LogP contribution in [-0.4, -0.2) is 48.0 Å². The van der Waals surface area contributed by atoms with Crippen molar-refractivity contribution in [2.45, 2.75) is 69.9 Å². The molecule has 4 aliphatic carbocycles. The van der Waals surface area contributed by atoms with Crippen LogP contribution in [0.2, 0.25) is 0 Å². The number of hydrogen-bond donors (Lipinski definition) is 4. The van der Waals surface area contributed by atoms with Gasteiger partial charge in [-0.25, -0.2) is 4.98 Å². The first-order valence-electron chi connectivity index (χ1n) is 14.3. The molecule has 0 spiro atoms. The lowest BCUT2D eigenvalue weighted by Crippen LogP contribution is -2.61. The number of halogens is 3. The van der Waals surface area contributed by atoms with Crippen LogP contribution in [0, 0.1) is 34.5 Å². The van der Waals surface area contributed by atoms with E-state index in [-0.39, 0.29) is 23.7 Å². The van der Waals surface area contributed by atoms with Crippen molar-refractivity contribution in [2.24, 2.45) is 23.2 Å². The number of hydrogen-bond acceptors (Lipinski definition) is 8. The summed E-state index contributed by atoms with van der Waals surface area (Å²) in [6.07, 6.45) is 5.28. The van der Waals surface area contributed by atoms with E-state index in [2.05, 4.69) is 42.0 Å². The normalized spacial score (nSPS) is 29.6. The number of ether oxygens (including phenoxy) is 1. The standard InChI is InChI=1S/C29H36F3N7O/c30-29(31,32)40-24-4-2-1-3-19(24)15-35-27-36-16-22(14-33)26(39-27)37-17-28-11-18-9-20(12-28)25(21(10-18)13-28)38-23-5-7-34-8-6-23/h1-4,16,18,20-21,23,25,34,38H,5-13,15,17H2,(H2,35,36,37,39)/t18?,20-,21+,25?,28?. The lowest BCUT2D eigenvalue weighted by molar-refractivity contribution is -0.274. The highest BCUT2D eigenvalue weighted by molar-refractivity contribution is 5.53. The van der Waals surface area contributed by atoms with Crippen LogP contribution in [0.3, 0.4) is 0 Å². The number of aromatic nitrogens is 2. The summed E-state index contributed by atoms with van der Waals surface area (Å²) in [5, 5.41) is 23.7. The Balaban J connectivity index is 1.11. The highest BCUT2D eigenvalue weighted by Crippen LogP contribution is 2.60. The molecule has 1 saturated heterocycles. The van der Waals surface area contributed by atoms with Crippen LogP contribution in [-0.2, 0) is 6.54 Å². The number of alkyl halides is 3. The van der Waals surface area contributed by atoms with Gasteiger partial charge in [-0.05, 0) is 87.3 Å². The maximum atomic E-state index is 12.8. The second-order valence-corrected chi connectivity index (χ2v) is 12.1. The third-order valence-electron chi connectivity index (χ3n) is 9.34. The summed E-state index contributed by atoms with van der Waals surface area (Å²) in [6.45, 7) is 2.99. The summed E-state index contributed by atoms with van der Waals surface area (Å²) in [5.74, 6) is 2.58. The van der Waals surface area contributed by atoms with E-state index in [1.54, 1.807) is 12.1 Å². The number of benzene rings is 1. The van der Waals surface area contributed by atoms with Gasteiger partial charge in [0.15, 0.2) is 0 Å². The Morgan fingerprint density at radius 3 is 2.55 bits per heavy atom. The molecule has 1 aromatic carbocycles. The first-order valence-corrected chi connectivity index (χ1v) is 14.3. The number of nitrogens with zero attached hydrogens (tertiary/aromatic N) is 3. The Morgan fingerprint density at radius 2 is 1.82 bits per heavy atom. The predicted molar refractivity (Wildman–Crippen MR) is 144 cm³/mol. The number of para-hydroxylation sites is 1. The Hall–Kier alpha value is -3.10. The fourth-order valence-corrected chi connectivity index (χ4v) is 7.95. The minimum absolute atomic E-state index is 0.0397. The minimum atomic E-state index is -4.78. The molecule has 11 heteroatoms. The lowest BCUT2D eigenvalue weighted by Gasteiger charge is -2.61. The minimum Gasteiger partial charge on any atom is -0.405 e. The van der Waals surface area contributed by atoms with Crippen molar-refractivity contribution in [3.8, 4) is 11.8 Å². The van der Waals surface area contributed by atoms with Gasteiger partial charge in [-0.15, -0.1) is 13.2 Å². The maximum Gasteiger partial charge on any atom is 0.573 e. The van der Waals surface area contributed by atoms with Crippen LogP contribution < -0.4 is 26.0 Å². The van der Waals surface area contributed by atoms with Gasteiger partial charge in [0.2, 0.25) is 5.95 Å². The number of piperidine rings is 1. The molecule has 2 aromatic rings. The Bertz CT molecular complexity index is 1230. The van der Waals surface area contributed by atoms with Gasteiger partial charge < -0.3 is 26.0 Å². The monoisotopic (exact) mass is 555 g/mol. The second kappa shape index (κ2) is 11.1. The number of rotatable bonds is 9. The van der Waals surface area contributed by atoms with Crippen LogP contribution in [0.25, 0.3) is 0 Å².